The van der Waals surface area contributed by atoms with Crippen molar-refractivity contribution in [3.05, 3.63) is 12.2 Å². The van der Waals surface area contributed by atoms with Gasteiger partial charge < -0.3 is 5.11 Å². The minimum absolute atomic E-state index is 0.0141. The second-order valence-corrected chi connectivity index (χ2v) is 9.18. The molecule has 0 aliphatic heterocycles. The number of hydrogen-bond donors (Lipinski definition) is 1. The van der Waals surface area contributed by atoms with Crippen LogP contribution in [0.3, 0.4) is 0 Å². The number of aliphatic hydroxyl groups excluding tert-OH is 1. The zero-order chi connectivity index (χ0) is 14.8. The van der Waals surface area contributed by atoms with Gasteiger partial charge in [0.1, 0.15) is 0 Å². The van der Waals surface area contributed by atoms with E-state index < -0.39 is 0 Å². The molecule has 4 fully saturated rings. The summed E-state index contributed by atoms with van der Waals surface area (Å²) < 4.78 is 0. The summed E-state index contributed by atoms with van der Waals surface area (Å²) in [6.45, 7) is 9.52. The average Bonchev–Trinajstić information content (AvgIpc) is 2.76. The Bertz CT molecular complexity index is 455. The Morgan fingerprint density at radius 1 is 1.00 bits per heavy atom. The van der Waals surface area contributed by atoms with Crippen molar-refractivity contribution in [3.63, 3.8) is 0 Å². The first-order chi connectivity index (χ1) is 9.95. The third kappa shape index (κ3) is 1.85. The van der Waals surface area contributed by atoms with E-state index in [1.165, 1.54) is 44.9 Å². The predicted molar refractivity (Wildman–Crippen MR) is 86.9 cm³/mol. The van der Waals surface area contributed by atoms with Gasteiger partial charge >= 0.3 is 0 Å². The first-order valence-corrected chi connectivity index (χ1v) is 9.31. The number of fused-ring (bicyclic) bond motifs is 5. The molecule has 0 amide bonds. The lowest BCUT2D eigenvalue weighted by Crippen LogP contribution is -2.53. The molecular weight excluding hydrogens is 256 g/mol. The average molecular weight is 288 g/mol. The van der Waals surface area contributed by atoms with Gasteiger partial charge in [-0.1, -0.05) is 26.0 Å². The zero-order valence-corrected chi connectivity index (χ0v) is 13.9. The van der Waals surface area contributed by atoms with Crippen LogP contribution in [0, 0.1) is 34.5 Å². The van der Waals surface area contributed by atoms with Gasteiger partial charge in [0.25, 0.3) is 0 Å². The first-order valence-electron chi connectivity index (χ1n) is 9.31. The molecule has 1 heteroatoms. The summed E-state index contributed by atoms with van der Waals surface area (Å²) in [7, 11) is 0. The molecule has 2 unspecified atom stereocenters. The molecule has 0 saturated heterocycles. The van der Waals surface area contributed by atoms with Gasteiger partial charge in [-0.2, -0.15) is 0 Å². The lowest BCUT2D eigenvalue weighted by atomic mass is 9.45. The molecule has 4 aliphatic rings. The summed E-state index contributed by atoms with van der Waals surface area (Å²) in [5.41, 5.74) is 2.53. The Balaban J connectivity index is 1.64. The molecule has 0 bridgehead atoms. The third-order valence-corrected chi connectivity index (χ3v) is 8.59. The predicted octanol–water partition coefficient (Wildman–Crippen LogP) is 4.95. The van der Waals surface area contributed by atoms with Crippen LogP contribution in [-0.2, 0) is 0 Å². The maximum Gasteiger partial charge on any atom is 0.0543 e. The molecule has 118 valence electrons. The van der Waals surface area contributed by atoms with Gasteiger partial charge in [-0.3, -0.25) is 0 Å². The molecule has 4 rings (SSSR count). The normalized spacial score (nSPS) is 56.5. The molecule has 0 heterocycles. The van der Waals surface area contributed by atoms with Gasteiger partial charge in [-0.15, -0.1) is 0 Å². The summed E-state index contributed by atoms with van der Waals surface area (Å²) in [5, 5.41) is 10.1. The molecule has 4 aliphatic carbocycles. The van der Waals surface area contributed by atoms with E-state index in [1.54, 1.807) is 5.57 Å². The quantitative estimate of drug-likeness (QED) is 0.626. The van der Waals surface area contributed by atoms with E-state index in [0.29, 0.717) is 10.8 Å². The van der Waals surface area contributed by atoms with Crippen LogP contribution in [0.2, 0.25) is 0 Å². The highest BCUT2D eigenvalue weighted by atomic mass is 16.3. The highest BCUT2D eigenvalue weighted by Crippen LogP contribution is 2.67. The Morgan fingerprint density at radius 3 is 2.62 bits per heavy atom. The fraction of sp³-hybridized carbons (Fsp3) is 0.900. The van der Waals surface area contributed by atoms with E-state index >= 15 is 0 Å². The van der Waals surface area contributed by atoms with Crippen molar-refractivity contribution in [3.8, 4) is 0 Å². The van der Waals surface area contributed by atoms with E-state index in [1.807, 2.05) is 0 Å². The second-order valence-electron chi connectivity index (χ2n) is 9.18. The van der Waals surface area contributed by atoms with Crippen LogP contribution in [0.15, 0.2) is 12.2 Å². The van der Waals surface area contributed by atoms with Crippen LogP contribution in [0.1, 0.15) is 71.6 Å². The fourth-order valence-electron chi connectivity index (χ4n) is 7.14. The van der Waals surface area contributed by atoms with Crippen LogP contribution < -0.4 is 0 Å². The van der Waals surface area contributed by atoms with Crippen LogP contribution in [0.4, 0.5) is 0 Å². The van der Waals surface area contributed by atoms with Gasteiger partial charge in [-0.05, 0) is 92.3 Å². The third-order valence-electron chi connectivity index (χ3n) is 8.59. The summed E-state index contributed by atoms with van der Waals surface area (Å²) in [4.78, 5) is 0. The van der Waals surface area contributed by atoms with E-state index in [2.05, 4.69) is 20.4 Å². The van der Waals surface area contributed by atoms with E-state index in [0.717, 1.165) is 36.5 Å². The second kappa shape index (κ2) is 4.60. The van der Waals surface area contributed by atoms with Crippen LogP contribution in [-0.4, -0.2) is 11.2 Å². The summed E-state index contributed by atoms with van der Waals surface area (Å²) in [5.74, 6) is 3.57. The highest BCUT2D eigenvalue weighted by molar-refractivity contribution is 5.21. The van der Waals surface area contributed by atoms with Crippen molar-refractivity contribution in [2.75, 3.05) is 0 Å². The van der Waals surface area contributed by atoms with Crippen molar-refractivity contribution in [2.45, 2.75) is 77.7 Å². The fourth-order valence-corrected chi connectivity index (χ4v) is 7.14. The molecule has 4 saturated carbocycles. The van der Waals surface area contributed by atoms with Gasteiger partial charge in [0.05, 0.1) is 6.10 Å². The molecule has 7 atom stereocenters. The molecule has 21 heavy (non-hydrogen) atoms. The van der Waals surface area contributed by atoms with Crippen molar-refractivity contribution >= 4 is 0 Å². The molecule has 0 aromatic heterocycles. The monoisotopic (exact) mass is 288 g/mol. The standard InChI is InChI=1S/C20H32O/c1-13-4-7-17-16-6-5-14-12-15(21)8-10-20(14,3)18(16)9-11-19(13,17)2/h14-18,21H,1,4-12H2,2-3H3/t14?,15?,16-,17-,18+,19+,20-/m0/s1. The number of hydrogen-bond acceptors (Lipinski definition) is 1. The maximum absolute atomic E-state index is 10.1. The molecule has 0 radical (unpaired) electrons. The zero-order valence-electron chi connectivity index (χ0n) is 13.9. The summed E-state index contributed by atoms with van der Waals surface area (Å²) >= 11 is 0. The van der Waals surface area contributed by atoms with E-state index in [4.69, 9.17) is 0 Å². The van der Waals surface area contributed by atoms with E-state index in [9.17, 15) is 5.11 Å². The largest absolute Gasteiger partial charge is 0.393 e. The topological polar surface area (TPSA) is 20.2 Å². The van der Waals surface area contributed by atoms with Gasteiger partial charge in [0.15, 0.2) is 0 Å². The van der Waals surface area contributed by atoms with Crippen LogP contribution in [0.5, 0.6) is 0 Å². The highest BCUT2D eigenvalue weighted by Gasteiger charge is 2.58. The molecule has 0 aromatic carbocycles. The molecular formula is C20H32O. The van der Waals surface area contributed by atoms with Crippen LogP contribution in [0.25, 0.3) is 0 Å². The minimum Gasteiger partial charge on any atom is -0.393 e. The van der Waals surface area contributed by atoms with Gasteiger partial charge in [0.2, 0.25) is 0 Å². The van der Waals surface area contributed by atoms with Crippen LogP contribution >= 0.6 is 0 Å². The minimum atomic E-state index is -0.0141. The van der Waals surface area contributed by atoms with Gasteiger partial charge in [0, 0.05) is 0 Å². The Hall–Kier alpha value is -0.300. The van der Waals surface area contributed by atoms with Crippen molar-refractivity contribution in [1.82, 2.24) is 0 Å². The lowest BCUT2D eigenvalue weighted by Gasteiger charge is -2.60. The van der Waals surface area contributed by atoms with Crippen molar-refractivity contribution < 1.29 is 5.11 Å². The Kier molecular flexibility index (Phi) is 3.13. The first kappa shape index (κ1) is 14.3. The summed E-state index contributed by atoms with van der Waals surface area (Å²) in [6, 6.07) is 0. The maximum atomic E-state index is 10.1. The smallest absolute Gasteiger partial charge is 0.0543 e. The molecule has 0 aromatic rings. The Morgan fingerprint density at radius 2 is 1.81 bits per heavy atom. The van der Waals surface area contributed by atoms with Crippen molar-refractivity contribution in [1.29, 1.82) is 0 Å². The number of rotatable bonds is 0. The Labute approximate surface area is 130 Å². The van der Waals surface area contributed by atoms with Gasteiger partial charge in [-0.25, -0.2) is 0 Å². The number of allylic oxidation sites excluding steroid dienone is 1. The lowest BCUT2D eigenvalue weighted by molar-refractivity contribution is -0.116. The number of aliphatic hydroxyl groups is 1. The molecule has 1 N–H and O–H groups in total. The van der Waals surface area contributed by atoms with Crippen molar-refractivity contribution in [2.24, 2.45) is 34.5 Å². The molecule has 1 nitrogen and oxygen atoms in total. The summed E-state index contributed by atoms with van der Waals surface area (Å²) in [6.07, 6.45) is 11.6. The van der Waals surface area contributed by atoms with E-state index in [-0.39, 0.29) is 6.10 Å². The SMILES string of the molecule is C=C1CC[C@H]2[C@@H]3CCC4CC(O)CC[C@]4(C)[C@@H]3CC[C@]12C. The molecule has 0 spiro atoms.